The summed E-state index contributed by atoms with van der Waals surface area (Å²) in [4.78, 5) is 41.7. The normalized spacial score (nSPS) is 13.8. The van der Waals surface area contributed by atoms with E-state index in [1.807, 2.05) is 24.3 Å². The van der Waals surface area contributed by atoms with Gasteiger partial charge >= 0.3 is 0 Å². The predicted molar refractivity (Wildman–Crippen MR) is 119 cm³/mol. The average Bonchev–Trinajstić information content (AvgIpc) is 3.51. The maximum Gasteiger partial charge on any atom is 0.291 e. The summed E-state index contributed by atoms with van der Waals surface area (Å²) < 4.78 is 5.07. The second kappa shape index (κ2) is 9.18. The van der Waals surface area contributed by atoms with Crippen LogP contribution in [0.4, 0.5) is 5.00 Å². The van der Waals surface area contributed by atoms with Gasteiger partial charge in [0.15, 0.2) is 5.76 Å². The van der Waals surface area contributed by atoms with Crippen LogP contribution in [0.25, 0.3) is 0 Å². The molecule has 0 spiro atoms. The summed E-state index contributed by atoms with van der Waals surface area (Å²) in [5.74, 6) is -0.243. The fraction of sp³-hybridized carbons (Fsp3) is 0.261. The number of hydrogen-bond acceptors (Lipinski definition) is 5. The van der Waals surface area contributed by atoms with Gasteiger partial charge in [0.1, 0.15) is 0 Å². The van der Waals surface area contributed by atoms with Crippen molar-refractivity contribution in [2.45, 2.75) is 13.3 Å². The number of thiophene rings is 1. The van der Waals surface area contributed by atoms with E-state index in [2.05, 4.69) is 12.2 Å². The number of rotatable bonds is 5. The molecule has 0 atom stereocenters. The highest BCUT2D eigenvalue weighted by Crippen LogP contribution is 2.24. The van der Waals surface area contributed by atoms with Gasteiger partial charge in [-0.3, -0.25) is 14.4 Å². The number of nitrogens with one attached hydrogen (secondary N) is 1. The topological polar surface area (TPSA) is 82.9 Å². The van der Waals surface area contributed by atoms with E-state index < -0.39 is 0 Å². The largest absolute Gasteiger partial charge is 0.459 e. The van der Waals surface area contributed by atoms with E-state index in [1.165, 1.54) is 23.2 Å². The summed E-state index contributed by atoms with van der Waals surface area (Å²) in [6.45, 7) is 4.02. The van der Waals surface area contributed by atoms with Crippen molar-refractivity contribution >= 4 is 34.1 Å². The first-order valence-electron chi connectivity index (χ1n) is 10.2. The fourth-order valence-electron chi connectivity index (χ4n) is 3.44. The van der Waals surface area contributed by atoms with E-state index in [0.717, 1.165) is 6.42 Å². The number of benzene rings is 1. The number of anilines is 1. The molecule has 8 heteroatoms. The third kappa shape index (κ3) is 4.69. The number of piperazine rings is 1. The molecule has 0 radical (unpaired) electrons. The van der Waals surface area contributed by atoms with Crippen molar-refractivity contribution in [2.24, 2.45) is 0 Å². The Morgan fingerprint density at radius 1 is 0.935 bits per heavy atom. The second-order valence-corrected chi connectivity index (χ2v) is 8.31. The summed E-state index contributed by atoms with van der Waals surface area (Å²) in [7, 11) is 0. The lowest BCUT2D eigenvalue weighted by Crippen LogP contribution is -2.50. The van der Waals surface area contributed by atoms with Crippen molar-refractivity contribution in [3.05, 3.63) is 76.6 Å². The van der Waals surface area contributed by atoms with Crippen LogP contribution < -0.4 is 5.32 Å². The van der Waals surface area contributed by atoms with Crippen molar-refractivity contribution in [2.75, 3.05) is 31.5 Å². The molecule has 4 rings (SSSR count). The Bertz CT molecular complexity index is 1060. The molecule has 31 heavy (non-hydrogen) atoms. The summed E-state index contributed by atoms with van der Waals surface area (Å²) in [5.41, 5.74) is 1.87. The van der Waals surface area contributed by atoms with Crippen LogP contribution in [0.3, 0.4) is 0 Å². The molecule has 3 amide bonds. The number of furan rings is 1. The molecule has 0 saturated carbocycles. The van der Waals surface area contributed by atoms with E-state index in [-0.39, 0.29) is 23.5 Å². The molecule has 0 unspecified atom stereocenters. The third-order valence-corrected chi connectivity index (χ3v) is 6.25. The molecule has 1 aromatic carbocycles. The van der Waals surface area contributed by atoms with Crippen LogP contribution in [0.1, 0.15) is 43.1 Å². The minimum atomic E-state index is -0.357. The molecule has 3 heterocycles. The number of amides is 3. The maximum atomic E-state index is 12.8. The predicted octanol–water partition coefficient (Wildman–Crippen LogP) is 3.75. The molecule has 160 valence electrons. The smallest absolute Gasteiger partial charge is 0.291 e. The lowest BCUT2D eigenvalue weighted by molar-refractivity contribution is 0.0538. The Labute approximate surface area is 184 Å². The van der Waals surface area contributed by atoms with Gasteiger partial charge in [-0.25, -0.2) is 0 Å². The number of carbonyl (C=O) groups excluding carboxylic acids is 3. The first-order valence-corrected chi connectivity index (χ1v) is 11.0. The molecule has 1 saturated heterocycles. The van der Waals surface area contributed by atoms with Crippen molar-refractivity contribution in [1.29, 1.82) is 0 Å². The number of nitrogens with zero attached hydrogens (tertiary/aromatic N) is 2. The molecule has 1 aliphatic rings. The van der Waals surface area contributed by atoms with Crippen molar-refractivity contribution in [3.63, 3.8) is 0 Å². The van der Waals surface area contributed by atoms with Gasteiger partial charge < -0.3 is 19.5 Å². The fourth-order valence-corrected chi connectivity index (χ4v) is 4.30. The summed E-state index contributed by atoms with van der Waals surface area (Å²) in [6.07, 6.45) is 2.37. The molecule has 1 aliphatic heterocycles. The van der Waals surface area contributed by atoms with Gasteiger partial charge in [-0.15, -0.1) is 11.3 Å². The van der Waals surface area contributed by atoms with Crippen LogP contribution in [0.5, 0.6) is 0 Å². The van der Waals surface area contributed by atoms with Gasteiger partial charge in [0.25, 0.3) is 17.7 Å². The highest BCUT2D eigenvalue weighted by molar-refractivity contribution is 7.18. The van der Waals surface area contributed by atoms with Gasteiger partial charge in [0.05, 0.1) is 16.1 Å². The van der Waals surface area contributed by atoms with Crippen LogP contribution in [-0.4, -0.2) is 53.7 Å². The molecule has 3 aromatic rings. The van der Waals surface area contributed by atoms with Gasteiger partial charge in [-0.05, 0) is 48.4 Å². The highest BCUT2D eigenvalue weighted by atomic mass is 32.1. The standard InChI is InChI=1S/C23H23N3O4S/c1-2-16-5-7-17(8-6-16)22(28)25-11-13-26(14-12-25)23(29)19-9-10-20(31-19)24-21(27)18-4-3-15-30-18/h3-10,15H,2,11-14H2,1H3,(H,24,27). The minimum absolute atomic E-state index is 0.00574. The molecule has 7 nitrogen and oxygen atoms in total. The summed E-state index contributed by atoms with van der Waals surface area (Å²) >= 11 is 1.22. The molecule has 2 aromatic heterocycles. The van der Waals surface area contributed by atoms with Gasteiger partial charge in [-0.2, -0.15) is 0 Å². The number of carbonyl (C=O) groups is 3. The van der Waals surface area contributed by atoms with E-state index in [1.54, 1.807) is 34.1 Å². The Hall–Kier alpha value is -3.39. The molecular formula is C23H23N3O4S. The van der Waals surface area contributed by atoms with Crippen molar-refractivity contribution < 1.29 is 18.8 Å². The maximum absolute atomic E-state index is 12.8. The Kier molecular flexibility index (Phi) is 6.18. The summed E-state index contributed by atoms with van der Waals surface area (Å²) in [6, 6.07) is 14.3. The quantitative estimate of drug-likeness (QED) is 0.659. The zero-order valence-corrected chi connectivity index (χ0v) is 18.0. The SMILES string of the molecule is CCc1ccc(C(=O)N2CCN(C(=O)c3ccc(NC(=O)c4ccco4)s3)CC2)cc1. The lowest BCUT2D eigenvalue weighted by atomic mass is 10.1. The van der Waals surface area contributed by atoms with Gasteiger partial charge in [0.2, 0.25) is 0 Å². The molecule has 1 fully saturated rings. The number of hydrogen-bond donors (Lipinski definition) is 1. The van der Waals surface area contributed by atoms with Crippen LogP contribution in [0, 0.1) is 0 Å². The summed E-state index contributed by atoms with van der Waals surface area (Å²) in [5, 5.41) is 3.31. The van der Waals surface area contributed by atoms with Crippen LogP contribution in [0.15, 0.2) is 59.2 Å². The first-order chi connectivity index (χ1) is 15.0. The minimum Gasteiger partial charge on any atom is -0.459 e. The third-order valence-electron chi connectivity index (χ3n) is 5.26. The van der Waals surface area contributed by atoms with Crippen LogP contribution >= 0.6 is 11.3 Å². The van der Waals surface area contributed by atoms with E-state index in [0.29, 0.717) is 41.6 Å². The van der Waals surface area contributed by atoms with Gasteiger partial charge in [-0.1, -0.05) is 19.1 Å². The van der Waals surface area contributed by atoms with Crippen molar-refractivity contribution in [3.8, 4) is 0 Å². The molecular weight excluding hydrogens is 414 g/mol. The van der Waals surface area contributed by atoms with Crippen LogP contribution in [-0.2, 0) is 6.42 Å². The molecule has 1 N–H and O–H groups in total. The molecule has 0 bridgehead atoms. The lowest BCUT2D eigenvalue weighted by Gasteiger charge is -2.34. The van der Waals surface area contributed by atoms with E-state index in [9.17, 15) is 14.4 Å². The Balaban J connectivity index is 1.32. The average molecular weight is 438 g/mol. The van der Waals surface area contributed by atoms with E-state index in [4.69, 9.17) is 4.42 Å². The zero-order valence-electron chi connectivity index (χ0n) is 17.2. The number of aryl methyl sites for hydroxylation is 1. The van der Waals surface area contributed by atoms with Crippen molar-refractivity contribution in [1.82, 2.24) is 9.80 Å². The van der Waals surface area contributed by atoms with E-state index >= 15 is 0 Å². The molecule has 0 aliphatic carbocycles. The van der Waals surface area contributed by atoms with Crippen LogP contribution in [0.2, 0.25) is 0 Å². The Morgan fingerprint density at radius 3 is 2.23 bits per heavy atom. The monoisotopic (exact) mass is 437 g/mol. The first kappa shape index (κ1) is 20.9. The van der Waals surface area contributed by atoms with Gasteiger partial charge in [0, 0.05) is 31.7 Å². The zero-order chi connectivity index (χ0) is 21.8. The highest BCUT2D eigenvalue weighted by Gasteiger charge is 2.26. The second-order valence-electron chi connectivity index (χ2n) is 7.23. The Morgan fingerprint density at radius 2 is 1.61 bits per heavy atom.